The van der Waals surface area contributed by atoms with E-state index in [4.69, 9.17) is 18.0 Å². The van der Waals surface area contributed by atoms with E-state index in [0.29, 0.717) is 4.99 Å². The molecule has 0 atom stereocenters. The minimum Gasteiger partial charge on any atom is -0.393 e. The Balaban J connectivity index is 2.50. The van der Waals surface area contributed by atoms with Crippen molar-refractivity contribution in [3.63, 3.8) is 0 Å². The second kappa shape index (κ2) is 5.76. The van der Waals surface area contributed by atoms with E-state index in [9.17, 15) is 0 Å². The van der Waals surface area contributed by atoms with Gasteiger partial charge in [-0.25, -0.2) is 0 Å². The van der Waals surface area contributed by atoms with Gasteiger partial charge in [0, 0.05) is 6.42 Å². The highest BCUT2D eigenvalue weighted by Gasteiger charge is 1.95. The molecule has 1 aromatic carbocycles. The van der Waals surface area contributed by atoms with E-state index in [-0.39, 0.29) is 0 Å². The zero-order chi connectivity index (χ0) is 10.4. The van der Waals surface area contributed by atoms with Gasteiger partial charge in [0.25, 0.3) is 0 Å². The van der Waals surface area contributed by atoms with Gasteiger partial charge in [-0.05, 0) is 24.0 Å². The summed E-state index contributed by atoms with van der Waals surface area (Å²) in [6.07, 6.45) is 4.13. The second-order valence-corrected chi connectivity index (χ2v) is 4.06. The van der Waals surface area contributed by atoms with E-state index >= 15 is 0 Å². The molecule has 0 aromatic heterocycles. The average Bonchev–Trinajstić information content (AvgIpc) is 2.17. The second-order valence-electron chi connectivity index (χ2n) is 3.53. The van der Waals surface area contributed by atoms with Crippen molar-refractivity contribution in [2.24, 2.45) is 5.73 Å². The number of aryl methyl sites for hydroxylation is 2. The predicted octanol–water partition coefficient (Wildman–Crippen LogP) is 2.86. The Bertz CT molecular complexity index is 290. The minimum absolute atomic E-state index is 0.600. The van der Waals surface area contributed by atoms with Crippen LogP contribution in [0.3, 0.4) is 0 Å². The number of benzene rings is 1. The fourth-order valence-electron chi connectivity index (χ4n) is 1.43. The van der Waals surface area contributed by atoms with Gasteiger partial charge in [-0.15, -0.1) is 0 Å². The van der Waals surface area contributed by atoms with Crippen LogP contribution < -0.4 is 5.73 Å². The molecule has 1 rings (SSSR count). The largest absolute Gasteiger partial charge is 0.393 e. The van der Waals surface area contributed by atoms with Gasteiger partial charge in [-0.1, -0.05) is 49.8 Å². The van der Waals surface area contributed by atoms with E-state index in [1.165, 1.54) is 17.5 Å². The molecule has 2 heteroatoms. The Labute approximate surface area is 91.3 Å². The van der Waals surface area contributed by atoms with Crippen LogP contribution in [-0.4, -0.2) is 4.99 Å². The maximum Gasteiger partial charge on any atom is 0.0730 e. The topological polar surface area (TPSA) is 26.0 Å². The van der Waals surface area contributed by atoms with Crippen molar-refractivity contribution in [3.8, 4) is 0 Å². The van der Waals surface area contributed by atoms with Gasteiger partial charge in [0.05, 0.1) is 4.99 Å². The predicted molar refractivity (Wildman–Crippen MR) is 65.5 cm³/mol. The standard InChI is InChI=1S/C12H17NS/c1-2-3-10-4-6-11(7-5-10)8-9-12(13)14/h4-7H,2-3,8-9H2,1H3,(H2,13,14). The lowest BCUT2D eigenvalue weighted by Gasteiger charge is -2.02. The van der Waals surface area contributed by atoms with Crippen molar-refractivity contribution in [1.82, 2.24) is 0 Å². The first-order valence-corrected chi connectivity index (χ1v) is 5.49. The van der Waals surface area contributed by atoms with Gasteiger partial charge >= 0.3 is 0 Å². The van der Waals surface area contributed by atoms with Gasteiger partial charge in [-0.3, -0.25) is 0 Å². The summed E-state index contributed by atoms with van der Waals surface area (Å²) >= 11 is 4.84. The number of hydrogen-bond donors (Lipinski definition) is 1. The molecule has 0 aliphatic carbocycles. The molecule has 0 bridgehead atoms. The molecule has 0 heterocycles. The molecule has 76 valence electrons. The molecule has 0 aliphatic heterocycles. The van der Waals surface area contributed by atoms with Crippen LogP contribution in [0.2, 0.25) is 0 Å². The van der Waals surface area contributed by atoms with Gasteiger partial charge in [0.15, 0.2) is 0 Å². The Hall–Kier alpha value is -0.890. The van der Waals surface area contributed by atoms with Crippen LogP contribution >= 0.6 is 12.2 Å². The molecule has 0 fully saturated rings. The highest BCUT2D eigenvalue weighted by molar-refractivity contribution is 7.80. The smallest absolute Gasteiger partial charge is 0.0730 e. The van der Waals surface area contributed by atoms with Crippen molar-refractivity contribution in [3.05, 3.63) is 35.4 Å². The fourth-order valence-corrected chi connectivity index (χ4v) is 1.53. The van der Waals surface area contributed by atoms with E-state index in [1.54, 1.807) is 0 Å². The minimum atomic E-state index is 0.600. The number of thiocarbonyl (C=S) groups is 1. The SMILES string of the molecule is CCCc1ccc(CCC(N)=S)cc1. The Kier molecular flexibility index (Phi) is 4.60. The normalized spacial score (nSPS) is 10.1. The first kappa shape index (κ1) is 11.2. The molecular formula is C12H17NS. The third-order valence-corrected chi connectivity index (χ3v) is 2.43. The van der Waals surface area contributed by atoms with E-state index in [1.807, 2.05) is 0 Å². The molecule has 0 spiro atoms. The quantitative estimate of drug-likeness (QED) is 0.751. The summed E-state index contributed by atoms with van der Waals surface area (Å²) in [5.41, 5.74) is 8.18. The summed E-state index contributed by atoms with van der Waals surface area (Å²) in [5.74, 6) is 0. The maximum atomic E-state index is 5.45. The summed E-state index contributed by atoms with van der Waals surface area (Å²) in [6, 6.07) is 8.73. The molecular weight excluding hydrogens is 190 g/mol. The van der Waals surface area contributed by atoms with Crippen molar-refractivity contribution in [1.29, 1.82) is 0 Å². The molecule has 0 unspecified atom stereocenters. The third kappa shape index (κ3) is 3.88. The highest BCUT2D eigenvalue weighted by atomic mass is 32.1. The molecule has 0 amide bonds. The fraction of sp³-hybridized carbons (Fsp3) is 0.417. The van der Waals surface area contributed by atoms with Crippen LogP contribution in [0, 0.1) is 0 Å². The molecule has 14 heavy (non-hydrogen) atoms. The highest BCUT2D eigenvalue weighted by Crippen LogP contribution is 2.08. The van der Waals surface area contributed by atoms with Gasteiger partial charge in [0.2, 0.25) is 0 Å². The van der Waals surface area contributed by atoms with Crippen molar-refractivity contribution < 1.29 is 0 Å². The van der Waals surface area contributed by atoms with Crippen molar-refractivity contribution >= 4 is 17.2 Å². The van der Waals surface area contributed by atoms with Crippen molar-refractivity contribution in [2.45, 2.75) is 32.6 Å². The number of rotatable bonds is 5. The van der Waals surface area contributed by atoms with Crippen molar-refractivity contribution in [2.75, 3.05) is 0 Å². The third-order valence-electron chi connectivity index (χ3n) is 2.22. The monoisotopic (exact) mass is 207 g/mol. The van der Waals surface area contributed by atoms with Crippen LogP contribution in [0.4, 0.5) is 0 Å². The zero-order valence-electron chi connectivity index (χ0n) is 8.62. The summed E-state index contributed by atoms with van der Waals surface area (Å²) in [7, 11) is 0. The summed E-state index contributed by atoms with van der Waals surface area (Å²) < 4.78 is 0. The van der Waals surface area contributed by atoms with Crippen LogP contribution in [-0.2, 0) is 12.8 Å². The molecule has 0 saturated carbocycles. The first-order chi connectivity index (χ1) is 6.72. The number of nitrogens with two attached hydrogens (primary N) is 1. The number of hydrogen-bond acceptors (Lipinski definition) is 1. The zero-order valence-corrected chi connectivity index (χ0v) is 9.44. The van der Waals surface area contributed by atoms with E-state index in [0.717, 1.165) is 19.3 Å². The van der Waals surface area contributed by atoms with E-state index < -0.39 is 0 Å². The molecule has 0 saturated heterocycles. The summed E-state index contributed by atoms with van der Waals surface area (Å²) in [6.45, 7) is 2.20. The van der Waals surface area contributed by atoms with Gasteiger partial charge in [-0.2, -0.15) is 0 Å². The summed E-state index contributed by atoms with van der Waals surface area (Å²) in [5, 5.41) is 0. The average molecular weight is 207 g/mol. The maximum absolute atomic E-state index is 5.45. The molecule has 1 nitrogen and oxygen atoms in total. The molecule has 0 radical (unpaired) electrons. The lowest BCUT2D eigenvalue weighted by atomic mass is 10.0. The summed E-state index contributed by atoms with van der Waals surface area (Å²) in [4.78, 5) is 0.600. The van der Waals surface area contributed by atoms with Crippen LogP contribution in [0.25, 0.3) is 0 Å². The molecule has 1 aromatic rings. The lowest BCUT2D eigenvalue weighted by molar-refractivity contribution is 0.918. The lowest BCUT2D eigenvalue weighted by Crippen LogP contribution is -2.08. The Morgan fingerprint density at radius 2 is 1.64 bits per heavy atom. The van der Waals surface area contributed by atoms with Crippen LogP contribution in [0.15, 0.2) is 24.3 Å². The van der Waals surface area contributed by atoms with Gasteiger partial charge < -0.3 is 5.73 Å². The Morgan fingerprint density at radius 3 is 2.07 bits per heavy atom. The van der Waals surface area contributed by atoms with Crippen LogP contribution in [0.1, 0.15) is 30.9 Å². The Morgan fingerprint density at radius 1 is 1.14 bits per heavy atom. The first-order valence-electron chi connectivity index (χ1n) is 5.08. The van der Waals surface area contributed by atoms with E-state index in [2.05, 4.69) is 31.2 Å². The van der Waals surface area contributed by atoms with Crippen LogP contribution in [0.5, 0.6) is 0 Å². The molecule has 2 N–H and O–H groups in total. The van der Waals surface area contributed by atoms with Gasteiger partial charge in [0.1, 0.15) is 0 Å². The molecule has 0 aliphatic rings.